The number of carbonyl (C=O) groups excluding carboxylic acids is 4. The van der Waals surface area contributed by atoms with Crippen LogP contribution in [0.4, 0.5) is 0 Å². The summed E-state index contributed by atoms with van der Waals surface area (Å²) in [7, 11) is 0. The first kappa shape index (κ1) is 21.1. The van der Waals surface area contributed by atoms with Crippen LogP contribution in [0.1, 0.15) is 22.5 Å². The molecule has 4 heterocycles. The number of piperazine rings is 1. The van der Waals surface area contributed by atoms with Crippen LogP contribution in [0.3, 0.4) is 0 Å². The topological polar surface area (TPSA) is 115 Å². The van der Waals surface area contributed by atoms with E-state index in [0.29, 0.717) is 36.7 Å². The summed E-state index contributed by atoms with van der Waals surface area (Å²) < 4.78 is 0. The summed E-state index contributed by atoms with van der Waals surface area (Å²) in [6.45, 7) is 1.43. The number of amides is 4. The summed E-state index contributed by atoms with van der Waals surface area (Å²) in [6.07, 6.45) is 1.37. The number of nitrogens with zero attached hydrogens (tertiary/aromatic N) is 2. The van der Waals surface area contributed by atoms with Crippen LogP contribution in [0.25, 0.3) is 0 Å². The fraction of sp³-hybridized carbons (Fsp3) is 0.579. The zero-order chi connectivity index (χ0) is 21.1. The molecule has 9 nitrogen and oxygen atoms in total. The van der Waals surface area contributed by atoms with E-state index < -0.39 is 12.1 Å². The molecule has 3 aliphatic rings. The van der Waals surface area contributed by atoms with Crippen molar-refractivity contribution in [1.29, 1.82) is 0 Å². The molecule has 0 radical (unpaired) electrons. The second kappa shape index (κ2) is 9.36. The van der Waals surface area contributed by atoms with Crippen molar-refractivity contribution in [2.24, 2.45) is 0 Å². The monoisotopic (exact) mass is 452 g/mol. The van der Waals surface area contributed by atoms with Gasteiger partial charge in [0.05, 0.1) is 17.2 Å². The molecule has 1 aromatic rings. The van der Waals surface area contributed by atoms with Gasteiger partial charge in [0, 0.05) is 19.6 Å². The van der Waals surface area contributed by atoms with Gasteiger partial charge in [-0.1, -0.05) is 17.8 Å². The molecule has 3 saturated heterocycles. The molecule has 4 amide bonds. The molecule has 30 heavy (non-hydrogen) atoms. The highest BCUT2D eigenvalue weighted by molar-refractivity contribution is 7.99. The standard InChI is InChI=1S/C19H25N5O4S2/c25-16-12(3-1-5-20-16)22-17(26)14-9-23(19(28)15-4-2-8-30-15)6-7-24(14)18(27)13-10-29-11-21-13/h2,4,8,12-14,21H,1,3,5-7,9-11H2,(H,20,25)(H,22,26)/p+1/t12-,13-,14+/m0/s1. The van der Waals surface area contributed by atoms with Gasteiger partial charge in [0.2, 0.25) is 11.8 Å². The third kappa shape index (κ3) is 4.47. The van der Waals surface area contributed by atoms with Gasteiger partial charge in [-0.15, -0.1) is 11.3 Å². The van der Waals surface area contributed by atoms with Crippen LogP contribution in [0, 0.1) is 0 Å². The molecule has 0 bridgehead atoms. The molecular weight excluding hydrogens is 426 g/mol. The van der Waals surface area contributed by atoms with E-state index in [2.05, 4.69) is 10.6 Å². The van der Waals surface area contributed by atoms with E-state index in [1.54, 1.807) is 27.6 Å². The summed E-state index contributed by atoms with van der Waals surface area (Å²) in [6, 6.07) is 1.97. The molecule has 11 heteroatoms. The molecule has 3 aliphatic heterocycles. The number of piperidine rings is 1. The van der Waals surface area contributed by atoms with Crippen LogP contribution < -0.4 is 16.0 Å². The average Bonchev–Trinajstić information content (AvgIpc) is 3.48. The lowest BCUT2D eigenvalue weighted by molar-refractivity contribution is -0.649. The molecule has 0 aromatic carbocycles. The predicted octanol–water partition coefficient (Wildman–Crippen LogP) is -1.57. The highest BCUT2D eigenvalue weighted by Gasteiger charge is 2.42. The Bertz CT molecular complexity index is 812. The van der Waals surface area contributed by atoms with Gasteiger partial charge >= 0.3 is 0 Å². The van der Waals surface area contributed by atoms with Gasteiger partial charge in [-0.3, -0.25) is 19.2 Å². The van der Waals surface area contributed by atoms with Crippen LogP contribution in [-0.4, -0.2) is 89.4 Å². The Kier molecular flexibility index (Phi) is 6.59. The number of rotatable bonds is 4. The lowest BCUT2D eigenvalue weighted by atomic mass is 10.0. The number of carbonyl (C=O) groups is 4. The summed E-state index contributed by atoms with van der Waals surface area (Å²) in [4.78, 5) is 55.0. The fourth-order valence-electron chi connectivity index (χ4n) is 4.02. The predicted molar refractivity (Wildman–Crippen MR) is 113 cm³/mol. The fourth-order valence-corrected chi connectivity index (χ4v) is 5.75. The van der Waals surface area contributed by atoms with Crippen molar-refractivity contribution in [2.75, 3.05) is 37.8 Å². The summed E-state index contributed by atoms with van der Waals surface area (Å²) in [5, 5.41) is 9.40. The van der Waals surface area contributed by atoms with Gasteiger partial charge < -0.3 is 25.8 Å². The quantitative estimate of drug-likeness (QED) is 0.511. The van der Waals surface area contributed by atoms with Crippen molar-refractivity contribution in [2.45, 2.75) is 31.0 Å². The average molecular weight is 453 g/mol. The summed E-state index contributed by atoms with van der Waals surface area (Å²) in [5.74, 6) is 0.763. The molecule has 0 spiro atoms. The van der Waals surface area contributed by atoms with Crippen molar-refractivity contribution >= 4 is 46.7 Å². The molecular formula is C19H26N5O4S2+. The number of nitrogens with one attached hydrogen (secondary N) is 2. The van der Waals surface area contributed by atoms with E-state index in [1.807, 2.05) is 16.8 Å². The van der Waals surface area contributed by atoms with Gasteiger partial charge in [0.1, 0.15) is 18.0 Å². The van der Waals surface area contributed by atoms with Crippen molar-refractivity contribution in [1.82, 2.24) is 20.4 Å². The highest BCUT2D eigenvalue weighted by atomic mass is 32.2. The Morgan fingerprint density at radius 3 is 2.83 bits per heavy atom. The van der Waals surface area contributed by atoms with Gasteiger partial charge in [0.25, 0.3) is 11.8 Å². The Morgan fingerprint density at radius 1 is 1.27 bits per heavy atom. The lowest BCUT2D eigenvalue weighted by Gasteiger charge is -2.41. The van der Waals surface area contributed by atoms with Crippen molar-refractivity contribution in [3.05, 3.63) is 22.4 Å². The van der Waals surface area contributed by atoms with Gasteiger partial charge in [-0.05, 0) is 24.3 Å². The maximum atomic E-state index is 13.2. The normalized spacial score (nSPS) is 26.9. The zero-order valence-corrected chi connectivity index (χ0v) is 18.2. The van der Waals surface area contributed by atoms with Crippen molar-refractivity contribution in [3.63, 3.8) is 0 Å². The third-order valence-electron chi connectivity index (χ3n) is 5.70. The Balaban J connectivity index is 1.51. The Hall–Kier alpha value is -2.11. The maximum absolute atomic E-state index is 13.2. The molecule has 4 rings (SSSR count). The van der Waals surface area contributed by atoms with E-state index >= 15 is 0 Å². The highest BCUT2D eigenvalue weighted by Crippen LogP contribution is 2.19. The second-order valence-electron chi connectivity index (χ2n) is 7.65. The Morgan fingerprint density at radius 2 is 2.13 bits per heavy atom. The summed E-state index contributed by atoms with van der Waals surface area (Å²) in [5.41, 5.74) is 0. The van der Waals surface area contributed by atoms with Crippen molar-refractivity contribution in [3.8, 4) is 0 Å². The van der Waals surface area contributed by atoms with Crippen LogP contribution in [0.15, 0.2) is 17.5 Å². The maximum Gasteiger partial charge on any atom is 0.282 e. The third-order valence-corrected chi connectivity index (χ3v) is 7.58. The first-order chi connectivity index (χ1) is 14.5. The number of thiophene rings is 1. The van der Waals surface area contributed by atoms with E-state index in [0.717, 1.165) is 12.3 Å². The van der Waals surface area contributed by atoms with Crippen LogP contribution in [0.5, 0.6) is 0 Å². The van der Waals surface area contributed by atoms with Crippen LogP contribution in [-0.2, 0) is 14.4 Å². The minimum Gasteiger partial charge on any atom is -0.354 e. The van der Waals surface area contributed by atoms with Gasteiger partial charge in [-0.25, -0.2) is 0 Å². The first-order valence-corrected chi connectivity index (χ1v) is 12.2. The molecule has 0 unspecified atom stereocenters. The van der Waals surface area contributed by atoms with E-state index in [1.165, 1.54) is 11.3 Å². The minimum absolute atomic E-state index is 0.0727. The number of quaternary nitrogens is 1. The molecule has 0 aliphatic carbocycles. The molecule has 162 valence electrons. The first-order valence-electron chi connectivity index (χ1n) is 10.2. The molecule has 1 aromatic heterocycles. The van der Waals surface area contributed by atoms with Crippen molar-refractivity contribution < 1.29 is 24.5 Å². The minimum atomic E-state index is -0.802. The molecule has 3 atom stereocenters. The number of thioether (sulfide) groups is 1. The Labute approximate surface area is 182 Å². The SMILES string of the molecule is O=C1NCCC[C@@H]1NC(=O)[C@H]1CN(C(=O)c2cccs2)CCN1C(=O)[C@@H]1CSC[NH2+]1. The van der Waals surface area contributed by atoms with Crippen LogP contribution >= 0.6 is 23.1 Å². The van der Waals surface area contributed by atoms with E-state index in [-0.39, 0.29) is 36.2 Å². The smallest absolute Gasteiger partial charge is 0.282 e. The number of hydrogen-bond acceptors (Lipinski definition) is 6. The van der Waals surface area contributed by atoms with E-state index in [9.17, 15) is 19.2 Å². The molecule has 0 saturated carbocycles. The molecule has 3 fully saturated rings. The largest absolute Gasteiger partial charge is 0.354 e. The number of nitrogens with two attached hydrogens (primary N) is 1. The number of hydrogen-bond donors (Lipinski definition) is 3. The zero-order valence-electron chi connectivity index (χ0n) is 16.5. The summed E-state index contributed by atoms with van der Waals surface area (Å²) >= 11 is 3.05. The molecule has 4 N–H and O–H groups in total. The van der Waals surface area contributed by atoms with Gasteiger partial charge in [-0.2, -0.15) is 0 Å². The van der Waals surface area contributed by atoms with Crippen LogP contribution in [0.2, 0.25) is 0 Å². The van der Waals surface area contributed by atoms with Gasteiger partial charge in [0.15, 0.2) is 6.04 Å². The van der Waals surface area contributed by atoms with E-state index in [4.69, 9.17) is 0 Å². The second-order valence-corrected chi connectivity index (χ2v) is 9.67. The lowest BCUT2D eigenvalue weighted by Crippen LogP contribution is -2.90.